The van der Waals surface area contributed by atoms with E-state index < -0.39 is 0 Å². The summed E-state index contributed by atoms with van der Waals surface area (Å²) >= 11 is 6.29. The van der Waals surface area contributed by atoms with Crippen molar-refractivity contribution in [2.75, 3.05) is 0 Å². The van der Waals surface area contributed by atoms with E-state index in [2.05, 4.69) is 20.2 Å². The van der Waals surface area contributed by atoms with E-state index >= 15 is 0 Å². The zero-order valence-corrected chi connectivity index (χ0v) is 16.1. The lowest BCUT2D eigenvalue weighted by Gasteiger charge is -2.10. The summed E-state index contributed by atoms with van der Waals surface area (Å²) in [6.07, 6.45) is 5.01. The van der Waals surface area contributed by atoms with Gasteiger partial charge in [-0.25, -0.2) is 9.97 Å². The molecule has 4 aromatic rings. The molecule has 0 spiro atoms. The molecule has 1 aromatic carbocycles. The van der Waals surface area contributed by atoms with E-state index in [4.69, 9.17) is 20.8 Å². The highest BCUT2D eigenvalue weighted by Crippen LogP contribution is 2.36. The van der Waals surface area contributed by atoms with Gasteiger partial charge in [0, 0.05) is 10.6 Å². The number of imidazole rings is 1. The Labute approximate surface area is 165 Å². The largest absolute Gasteiger partial charge is 0.443 e. The van der Waals surface area contributed by atoms with E-state index in [1.807, 2.05) is 41.2 Å². The molecule has 0 saturated carbocycles. The number of oxazole rings is 1. The van der Waals surface area contributed by atoms with Gasteiger partial charge in [-0.2, -0.15) is 0 Å². The van der Waals surface area contributed by atoms with Gasteiger partial charge in [0.1, 0.15) is 24.9 Å². The lowest BCUT2D eigenvalue weighted by Crippen LogP contribution is -2.11. The van der Waals surface area contributed by atoms with Crippen LogP contribution >= 0.6 is 11.6 Å². The molecule has 0 fully saturated rings. The third-order valence-corrected chi connectivity index (χ3v) is 4.88. The van der Waals surface area contributed by atoms with Gasteiger partial charge in [0.2, 0.25) is 5.89 Å². The topological polar surface area (TPSA) is 83.8 Å². The van der Waals surface area contributed by atoms with E-state index in [-0.39, 0.29) is 6.10 Å². The molecule has 0 saturated heterocycles. The number of fused-ring (bicyclic) bond motifs is 5. The van der Waals surface area contributed by atoms with Crippen molar-refractivity contribution in [3.8, 4) is 28.7 Å². The minimum absolute atomic E-state index is 0.0915. The summed E-state index contributed by atoms with van der Waals surface area (Å²) in [5.41, 5.74) is 3.41. The highest BCUT2D eigenvalue weighted by Gasteiger charge is 2.27. The van der Waals surface area contributed by atoms with Gasteiger partial charge < -0.3 is 13.7 Å². The minimum atomic E-state index is 0.0915. The Hall–Kier alpha value is -2.97. The first kappa shape index (κ1) is 17.2. The van der Waals surface area contributed by atoms with E-state index in [9.17, 15) is 0 Å². The first-order valence-corrected chi connectivity index (χ1v) is 9.29. The maximum Gasteiger partial charge on any atom is 0.246 e. The lowest BCUT2D eigenvalue weighted by atomic mass is 10.1. The average molecular weight is 397 g/mol. The molecule has 1 aliphatic rings. The van der Waals surface area contributed by atoms with Crippen molar-refractivity contribution in [3.05, 3.63) is 53.5 Å². The molecule has 0 unspecified atom stereocenters. The fourth-order valence-electron chi connectivity index (χ4n) is 3.35. The predicted molar refractivity (Wildman–Crippen MR) is 102 cm³/mol. The van der Waals surface area contributed by atoms with E-state index in [0.717, 1.165) is 28.6 Å². The van der Waals surface area contributed by atoms with E-state index in [0.29, 0.717) is 29.8 Å². The van der Waals surface area contributed by atoms with Crippen LogP contribution < -0.4 is 0 Å². The van der Waals surface area contributed by atoms with Crippen molar-refractivity contribution in [3.63, 3.8) is 0 Å². The molecule has 0 aliphatic carbocycles. The van der Waals surface area contributed by atoms with E-state index in [1.165, 1.54) is 6.26 Å². The van der Waals surface area contributed by atoms with Crippen molar-refractivity contribution in [1.82, 2.24) is 29.3 Å². The molecule has 0 N–H and O–H groups in total. The summed E-state index contributed by atoms with van der Waals surface area (Å²) < 4.78 is 15.3. The van der Waals surface area contributed by atoms with Crippen LogP contribution in [0.3, 0.4) is 0 Å². The molecule has 0 radical (unpaired) electrons. The number of benzene rings is 1. The zero-order valence-electron chi connectivity index (χ0n) is 15.3. The van der Waals surface area contributed by atoms with Gasteiger partial charge in [-0.05, 0) is 32.0 Å². The predicted octanol–water partition coefficient (Wildman–Crippen LogP) is 3.73. The Morgan fingerprint density at radius 3 is 2.93 bits per heavy atom. The molecule has 9 heteroatoms. The van der Waals surface area contributed by atoms with Crippen LogP contribution in [0.15, 0.2) is 41.4 Å². The Balaban J connectivity index is 1.73. The van der Waals surface area contributed by atoms with Gasteiger partial charge in [-0.15, -0.1) is 10.2 Å². The number of hydrogen-bond acceptors (Lipinski definition) is 6. The fourth-order valence-corrected chi connectivity index (χ4v) is 3.52. The molecule has 0 bridgehead atoms. The SMILES string of the molecule is CC(C)OCc1nnc2n1Cc1c(-c3ncco3)ncn1-c1ccc(Cl)cc1-2. The second-order valence-electron chi connectivity index (χ2n) is 6.79. The molecule has 5 rings (SSSR count). The third kappa shape index (κ3) is 2.73. The van der Waals surface area contributed by atoms with Gasteiger partial charge in [0.25, 0.3) is 0 Å². The molecular formula is C19H17ClN6O2. The van der Waals surface area contributed by atoms with Crippen LogP contribution in [0.25, 0.3) is 28.7 Å². The Morgan fingerprint density at radius 1 is 1.25 bits per heavy atom. The minimum Gasteiger partial charge on any atom is -0.443 e. The van der Waals surface area contributed by atoms with Gasteiger partial charge in [-0.1, -0.05) is 11.6 Å². The molecule has 28 heavy (non-hydrogen) atoms. The summed E-state index contributed by atoms with van der Waals surface area (Å²) in [4.78, 5) is 8.82. The molecule has 3 aromatic heterocycles. The van der Waals surface area contributed by atoms with Gasteiger partial charge >= 0.3 is 0 Å². The van der Waals surface area contributed by atoms with Crippen LogP contribution in [0.1, 0.15) is 25.4 Å². The second kappa shape index (κ2) is 6.57. The number of rotatable bonds is 4. The first-order chi connectivity index (χ1) is 13.6. The zero-order chi connectivity index (χ0) is 19.3. The number of hydrogen-bond donors (Lipinski definition) is 0. The Bertz CT molecular complexity index is 1150. The molecule has 4 heterocycles. The Morgan fingerprint density at radius 2 is 2.14 bits per heavy atom. The molecule has 1 aliphatic heterocycles. The second-order valence-corrected chi connectivity index (χ2v) is 7.23. The van der Waals surface area contributed by atoms with Crippen molar-refractivity contribution in [1.29, 1.82) is 0 Å². The van der Waals surface area contributed by atoms with Gasteiger partial charge in [0.15, 0.2) is 11.6 Å². The highest BCUT2D eigenvalue weighted by molar-refractivity contribution is 6.31. The number of halogens is 1. The number of ether oxygens (including phenoxy) is 1. The smallest absolute Gasteiger partial charge is 0.246 e. The molecular weight excluding hydrogens is 380 g/mol. The first-order valence-electron chi connectivity index (χ1n) is 8.92. The standard InChI is InChI=1S/C19H17ClN6O2/c1-11(2)28-9-16-23-24-18-13-7-12(20)3-4-14(13)26-10-22-17(15(26)8-25(16)18)19-21-5-6-27-19/h3-7,10-11H,8-9H2,1-2H3. The van der Waals surface area contributed by atoms with Crippen molar-refractivity contribution >= 4 is 11.6 Å². The maximum atomic E-state index is 6.29. The van der Waals surface area contributed by atoms with Crippen LogP contribution in [0.2, 0.25) is 5.02 Å². The van der Waals surface area contributed by atoms with Gasteiger partial charge in [0.05, 0.1) is 30.2 Å². The van der Waals surface area contributed by atoms with Crippen LogP contribution in [0.4, 0.5) is 0 Å². The van der Waals surface area contributed by atoms with Crippen molar-refractivity contribution < 1.29 is 9.15 Å². The van der Waals surface area contributed by atoms with Crippen LogP contribution in [0.5, 0.6) is 0 Å². The van der Waals surface area contributed by atoms with Gasteiger partial charge in [-0.3, -0.25) is 4.57 Å². The molecule has 8 nitrogen and oxygen atoms in total. The summed E-state index contributed by atoms with van der Waals surface area (Å²) in [7, 11) is 0. The molecule has 142 valence electrons. The number of nitrogens with zero attached hydrogens (tertiary/aromatic N) is 6. The average Bonchev–Trinajstić information content (AvgIpc) is 3.39. The molecule has 0 amide bonds. The molecule has 0 atom stereocenters. The maximum absolute atomic E-state index is 6.29. The fraction of sp³-hybridized carbons (Fsp3) is 0.263. The van der Waals surface area contributed by atoms with Crippen LogP contribution in [0, 0.1) is 0 Å². The summed E-state index contributed by atoms with van der Waals surface area (Å²) in [6.45, 7) is 4.85. The van der Waals surface area contributed by atoms with Crippen molar-refractivity contribution in [2.24, 2.45) is 0 Å². The summed E-state index contributed by atoms with van der Waals surface area (Å²) in [5, 5.41) is 9.43. The third-order valence-electron chi connectivity index (χ3n) is 4.64. The van der Waals surface area contributed by atoms with Crippen LogP contribution in [-0.2, 0) is 17.9 Å². The quantitative estimate of drug-likeness (QED) is 0.460. The van der Waals surface area contributed by atoms with Crippen LogP contribution in [-0.4, -0.2) is 35.4 Å². The van der Waals surface area contributed by atoms with E-state index in [1.54, 1.807) is 12.5 Å². The Kier molecular flexibility index (Phi) is 4.03. The number of aromatic nitrogens is 6. The summed E-state index contributed by atoms with van der Waals surface area (Å²) in [5.74, 6) is 1.95. The van der Waals surface area contributed by atoms with Crippen molar-refractivity contribution in [2.45, 2.75) is 33.1 Å². The summed E-state index contributed by atoms with van der Waals surface area (Å²) in [6, 6.07) is 5.70. The lowest BCUT2D eigenvalue weighted by molar-refractivity contribution is 0.0595. The normalized spacial score (nSPS) is 12.6. The highest BCUT2D eigenvalue weighted by atomic mass is 35.5. The monoisotopic (exact) mass is 396 g/mol.